The fraction of sp³-hybridized carbons (Fsp3) is 0.650. The van der Waals surface area contributed by atoms with Gasteiger partial charge in [0.15, 0.2) is 0 Å². The minimum atomic E-state index is 0. The molecule has 0 spiro atoms. The normalized spacial score (nSPS) is 26.0. The van der Waals surface area contributed by atoms with Crippen LogP contribution < -0.4 is 10.6 Å². The lowest BCUT2D eigenvalue weighted by atomic mass is 9.89. The predicted octanol–water partition coefficient (Wildman–Crippen LogP) is 4.28. The van der Waals surface area contributed by atoms with Crippen molar-refractivity contribution >= 4 is 24.0 Å². The largest absolute Gasteiger partial charge is 0.374 e. The molecule has 2 fully saturated rings. The predicted molar refractivity (Wildman–Crippen MR) is 104 cm³/mol. The summed E-state index contributed by atoms with van der Waals surface area (Å²) in [5, 5.41) is 6.38. The SMILES string of the molecule is CC1CCCC(OCc2cccc(NC(=O)CC3CCCN3)c2)C1.Cl. The molecule has 2 aliphatic rings. The van der Waals surface area contributed by atoms with Gasteiger partial charge in [-0.15, -0.1) is 12.4 Å². The molecule has 140 valence electrons. The van der Waals surface area contributed by atoms with Gasteiger partial charge in [0.2, 0.25) is 5.91 Å². The molecule has 1 saturated carbocycles. The van der Waals surface area contributed by atoms with E-state index in [1.54, 1.807) is 0 Å². The van der Waals surface area contributed by atoms with E-state index in [-0.39, 0.29) is 18.3 Å². The summed E-state index contributed by atoms with van der Waals surface area (Å²) >= 11 is 0. The number of carbonyl (C=O) groups excluding carboxylic acids is 1. The average molecular weight is 367 g/mol. The first-order valence-electron chi connectivity index (χ1n) is 9.43. The van der Waals surface area contributed by atoms with Gasteiger partial charge in [-0.3, -0.25) is 4.79 Å². The molecular weight excluding hydrogens is 336 g/mol. The van der Waals surface area contributed by atoms with E-state index >= 15 is 0 Å². The van der Waals surface area contributed by atoms with Crippen molar-refractivity contribution in [3.8, 4) is 0 Å². The molecule has 25 heavy (non-hydrogen) atoms. The molecule has 1 aromatic carbocycles. The Bertz CT molecular complexity index is 546. The maximum Gasteiger partial charge on any atom is 0.225 e. The highest BCUT2D eigenvalue weighted by molar-refractivity contribution is 5.91. The van der Waals surface area contributed by atoms with Crippen molar-refractivity contribution in [1.82, 2.24) is 5.32 Å². The van der Waals surface area contributed by atoms with Gasteiger partial charge in [-0.05, 0) is 55.8 Å². The van der Waals surface area contributed by atoms with Crippen LogP contribution in [0, 0.1) is 5.92 Å². The summed E-state index contributed by atoms with van der Waals surface area (Å²) in [5.41, 5.74) is 2.00. The Morgan fingerprint density at radius 2 is 2.16 bits per heavy atom. The number of halogens is 1. The average Bonchev–Trinajstić information content (AvgIpc) is 3.06. The smallest absolute Gasteiger partial charge is 0.225 e. The topological polar surface area (TPSA) is 50.4 Å². The van der Waals surface area contributed by atoms with E-state index in [4.69, 9.17) is 4.74 Å². The molecule has 3 atom stereocenters. The highest BCUT2D eigenvalue weighted by atomic mass is 35.5. The first kappa shape index (κ1) is 20.2. The third-order valence-corrected chi connectivity index (χ3v) is 5.18. The van der Waals surface area contributed by atoms with Gasteiger partial charge >= 0.3 is 0 Å². The zero-order valence-corrected chi connectivity index (χ0v) is 15.9. The van der Waals surface area contributed by atoms with Gasteiger partial charge in [0.05, 0.1) is 12.7 Å². The van der Waals surface area contributed by atoms with Crippen LogP contribution in [0.3, 0.4) is 0 Å². The van der Waals surface area contributed by atoms with E-state index < -0.39 is 0 Å². The highest BCUT2D eigenvalue weighted by Crippen LogP contribution is 2.26. The zero-order valence-electron chi connectivity index (χ0n) is 15.1. The lowest BCUT2D eigenvalue weighted by molar-refractivity contribution is -0.116. The van der Waals surface area contributed by atoms with Crippen molar-refractivity contribution in [2.24, 2.45) is 5.92 Å². The summed E-state index contributed by atoms with van der Waals surface area (Å²) in [5.74, 6) is 0.868. The summed E-state index contributed by atoms with van der Waals surface area (Å²) in [7, 11) is 0. The Labute approximate surface area is 157 Å². The quantitative estimate of drug-likeness (QED) is 0.789. The van der Waals surface area contributed by atoms with Crippen molar-refractivity contribution in [3.05, 3.63) is 29.8 Å². The minimum absolute atomic E-state index is 0. The van der Waals surface area contributed by atoms with Crippen LogP contribution in [-0.4, -0.2) is 24.6 Å². The molecule has 4 nitrogen and oxygen atoms in total. The lowest BCUT2D eigenvalue weighted by Crippen LogP contribution is -2.27. The Hall–Kier alpha value is -1.10. The zero-order chi connectivity index (χ0) is 16.8. The summed E-state index contributed by atoms with van der Waals surface area (Å²) < 4.78 is 6.08. The monoisotopic (exact) mass is 366 g/mol. The van der Waals surface area contributed by atoms with Crippen LogP contribution >= 0.6 is 12.4 Å². The second-order valence-corrected chi connectivity index (χ2v) is 7.45. The lowest BCUT2D eigenvalue weighted by Gasteiger charge is -2.26. The van der Waals surface area contributed by atoms with Crippen LogP contribution in [0.5, 0.6) is 0 Å². The number of nitrogens with one attached hydrogen (secondary N) is 2. The first-order valence-corrected chi connectivity index (χ1v) is 9.43. The van der Waals surface area contributed by atoms with Gasteiger partial charge in [-0.2, -0.15) is 0 Å². The summed E-state index contributed by atoms with van der Waals surface area (Å²) in [6, 6.07) is 8.38. The van der Waals surface area contributed by atoms with Crippen LogP contribution in [0.25, 0.3) is 0 Å². The Balaban J connectivity index is 0.00000225. The molecule has 2 N–H and O–H groups in total. The van der Waals surface area contributed by atoms with Crippen molar-refractivity contribution in [2.75, 3.05) is 11.9 Å². The van der Waals surface area contributed by atoms with Crippen LogP contribution in [0.1, 0.15) is 57.4 Å². The maximum atomic E-state index is 12.1. The van der Waals surface area contributed by atoms with Gasteiger partial charge in [0, 0.05) is 18.2 Å². The van der Waals surface area contributed by atoms with Crippen LogP contribution in [0.2, 0.25) is 0 Å². The van der Waals surface area contributed by atoms with Gasteiger partial charge < -0.3 is 15.4 Å². The molecule has 3 rings (SSSR count). The number of amides is 1. The summed E-state index contributed by atoms with van der Waals surface area (Å²) in [6.45, 7) is 3.97. The second-order valence-electron chi connectivity index (χ2n) is 7.45. The first-order chi connectivity index (χ1) is 11.7. The molecule has 0 radical (unpaired) electrons. The van der Waals surface area contributed by atoms with Crippen molar-refractivity contribution in [2.45, 2.75) is 70.6 Å². The Kier molecular flexibility index (Phi) is 8.20. The summed E-state index contributed by atoms with van der Waals surface area (Å²) in [4.78, 5) is 12.1. The summed E-state index contributed by atoms with van der Waals surface area (Å²) in [6.07, 6.45) is 8.17. The molecule has 1 aliphatic heterocycles. The molecule has 3 unspecified atom stereocenters. The van der Waals surface area contributed by atoms with Crippen LogP contribution in [0.4, 0.5) is 5.69 Å². The second kappa shape index (κ2) is 10.1. The molecule has 5 heteroatoms. The fourth-order valence-corrected chi connectivity index (χ4v) is 3.85. The standard InChI is InChI=1S/C20H30N2O2.ClH/c1-15-5-2-9-19(11-15)24-14-16-6-3-7-18(12-16)22-20(23)13-17-8-4-10-21-17;/h3,6-7,12,15,17,19,21H,2,4-5,8-11,13-14H2,1H3,(H,22,23);1H. The van der Waals surface area contributed by atoms with E-state index in [0.717, 1.165) is 30.1 Å². The fourth-order valence-electron chi connectivity index (χ4n) is 3.85. The third-order valence-electron chi connectivity index (χ3n) is 5.18. The highest BCUT2D eigenvalue weighted by Gasteiger charge is 2.19. The van der Waals surface area contributed by atoms with E-state index in [1.165, 1.54) is 32.1 Å². The number of hydrogen-bond acceptors (Lipinski definition) is 3. The molecule has 1 aliphatic carbocycles. The minimum Gasteiger partial charge on any atom is -0.374 e. The Morgan fingerprint density at radius 1 is 1.28 bits per heavy atom. The molecule has 1 saturated heterocycles. The van der Waals surface area contributed by atoms with E-state index in [1.807, 2.05) is 18.2 Å². The van der Waals surface area contributed by atoms with E-state index in [9.17, 15) is 4.79 Å². The van der Waals surface area contributed by atoms with Crippen molar-refractivity contribution in [1.29, 1.82) is 0 Å². The van der Waals surface area contributed by atoms with Crippen molar-refractivity contribution in [3.63, 3.8) is 0 Å². The number of anilines is 1. The molecule has 1 aromatic rings. The number of carbonyl (C=O) groups is 1. The van der Waals surface area contributed by atoms with Crippen LogP contribution in [-0.2, 0) is 16.1 Å². The molecule has 1 amide bonds. The van der Waals surface area contributed by atoms with Gasteiger partial charge in [-0.25, -0.2) is 0 Å². The molecule has 0 bridgehead atoms. The van der Waals surface area contributed by atoms with Crippen LogP contribution in [0.15, 0.2) is 24.3 Å². The van der Waals surface area contributed by atoms with Gasteiger partial charge in [-0.1, -0.05) is 31.9 Å². The molecular formula is C20H31ClN2O2. The number of benzene rings is 1. The maximum absolute atomic E-state index is 12.1. The number of hydrogen-bond donors (Lipinski definition) is 2. The molecule has 0 aromatic heterocycles. The van der Waals surface area contributed by atoms with E-state index in [0.29, 0.717) is 25.2 Å². The van der Waals surface area contributed by atoms with Gasteiger partial charge in [0.1, 0.15) is 0 Å². The third kappa shape index (κ3) is 6.61. The number of ether oxygens (including phenoxy) is 1. The van der Waals surface area contributed by atoms with Crippen molar-refractivity contribution < 1.29 is 9.53 Å². The molecule has 1 heterocycles. The van der Waals surface area contributed by atoms with E-state index in [2.05, 4.69) is 23.6 Å². The number of rotatable bonds is 6. The van der Waals surface area contributed by atoms with Gasteiger partial charge in [0.25, 0.3) is 0 Å². The Morgan fingerprint density at radius 3 is 2.92 bits per heavy atom.